The Bertz CT molecular complexity index is 943. The number of amides is 2. The van der Waals surface area contributed by atoms with Crippen molar-refractivity contribution in [2.75, 3.05) is 10.1 Å². The van der Waals surface area contributed by atoms with E-state index in [9.17, 15) is 18.0 Å². The van der Waals surface area contributed by atoms with Gasteiger partial charge in [0.1, 0.15) is 0 Å². The molecule has 25 heavy (non-hydrogen) atoms. The molecule has 1 N–H and O–H groups in total. The van der Waals surface area contributed by atoms with Gasteiger partial charge in [0.15, 0.2) is 0 Å². The predicted molar refractivity (Wildman–Crippen MR) is 95.0 cm³/mol. The van der Waals surface area contributed by atoms with E-state index in [-0.39, 0.29) is 35.9 Å². The van der Waals surface area contributed by atoms with Crippen molar-refractivity contribution in [1.29, 1.82) is 0 Å². The number of sulfonamides is 1. The molecule has 130 valence electrons. The number of rotatable bonds is 4. The number of nitrogens with zero attached hydrogens (tertiary/aromatic N) is 1. The van der Waals surface area contributed by atoms with Crippen LogP contribution in [-0.4, -0.2) is 26.0 Å². The molecule has 0 aromatic heterocycles. The van der Waals surface area contributed by atoms with Gasteiger partial charge in [-0.05, 0) is 29.8 Å². The third kappa shape index (κ3) is 3.67. The fourth-order valence-electron chi connectivity index (χ4n) is 2.56. The molecule has 1 fully saturated rings. The Morgan fingerprint density at radius 2 is 1.92 bits per heavy atom. The van der Waals surface area contributed by atoms with Crippen LogP contribution >= 0.6 is 11.6 Å². The standard InChI is InChI=1S/C17H15ClN2O4S/c18-15-7-2-1-4-13(15)11-19-17(22)12-5-3-6-14(10-12)20-16(21)8-9-25(20,23)24/h1-7,10H,8-9,11H2,(H,19,22). The Morgan fingerprint density at radius 3 is 2.60 bits per heavy atom. The van der Waals surface area contributed by atoms with Gasteiger partial charge in [0.05, 0.1) is 11.4 Å². The first-order valence-corrected chi connectivity index (χ1v) is 9.55. The average molecular weight is 379 g/mol. The molecular formula is C17H15ClN2O4S. The fourth-order valence-corrected chi connectivity index (χ4v) is 4.22. The topological polar surface area (TPSA) is 83.6 Å². The zero-order chi connectivity index (χ0) is 18.0. The normalized spacial score (nSPS) is 16.0. The van der Waals surface area contributed by atoms with Crippen molar-refractivity contribution in [2.45, 2.75) is 13.0 Å². The summed E-state index contributed by atoms with van der Waals surface area (Å²) in [7, 11) is -3.66. The summed E-state index contributed by atoms with van der Waals surface area (Å²) in [5.74, 6) is -1.09. The Kier molecular flexibility index (Phi) is 4.78. The molecule has 1 saturated heterocycles. The highest BCUT2D eigenvalue weighted by atomic mass is 35.5. The summed E-state index contributed by atoms with van der Waals surface area (Å²) in [6, 6.07) is 13.1. The van der Waals surface area contributed by atoms with E-state index in [0.29, 0.717) is 5.02 Å². The molecule has 0 bridgehead atoms. The lowest BCUT2D eigenvalue weighted by Gasteiger charge is -2.16. The lowest BCUT2D eigenvalue weighted by atomic mass is 10.1. The molecule has 3 rings (SSSR count). The van der Waals surface area contributed by atoms with Crippen LogP contribution in [0.3, 0.4) is 0 Å². The summed E-state index contributed by atoms with van der Waals surface area (Å²) in [5, 5.41) is 3.28. The zero-order valence-corrected chi connectivity index (χ0v) is 14.7. The highest BCUT2D eigenvalue weighted by Gasteiger charge is 2.36. The van der Waals surface area contributed by atoms with Crippen LogP contribution in [0.15, 0.2) is 48.5 Å². The van der Waals surface area contributed by atoms with Gasteiger partial charge in [-0.25, -0.2) is 12.7 Å². The molecular weight excluding hydrogens is 364 g/mol. The molecule has 0 radical (unpaired) electrons. The lowest BCUT2D eigenvalue weighted by Crippen LogP contribution is -2.30. The van der Waals surface area contributed by atoms with Crippen LogP contribution in [0.4, 0.5) is 5.69 Å². The maximum Gasteiger partial charge on any atom is 0.251 e. The third-order valence-corrected chi connectivity index (χ3v) is 5.88. The van der Waals surface area contributed by atoms with E-state index in [1.807, 2.05) is 6.07 Å². The number of carbonyl (C=O) groups excluding carboxylic acids is 2. The molecule has 1 heterocycles. The van der Waals surface area contributed by atoms with Gasteiger partial charge < -0.3 is 5.32 Å². The van der Waals surface area contributed by atoms with Gasteiger partial charge in [0.25, 0.3) is 5.91 Å². The van der Waals surface area contributed by atoms with Crippen molar-refractivity contribution >= 4 is 39.1 Å². The number of halogens is 1. The van der Waals surface area contributed by atoms with Gasteiger partial charge in [-0.1, -0.05) is 35.9 Å². The van der Waals surface area contributed by atoms with Crippen LogP contribution in [0.5, 0.6) is 0 Å². The first-order valence-electron chi connectivity index (χ1n) is 7.56. The lowest BCUT2D eigenvalue weighted by molar-refractivity contribution is -0.116. The minimum atomic E-state index is -3.66. The van der Waals surface area contributed by atoms with E-state index in [0.717, 1.165) is 9.87 Å². The van der Waals surface area contributed by atoms with Crippen LogP contribution in [0.2, 0.25) is 5.02 Å². The SMILES string of the molecule is O=C(NCc1ccccc1Cl)c1cccc(N2C(=O)CCS2(=O)=O)c1. The van der Waals surface area contributed by atoms with Crippen molar-refractivity contribution in [3.63, 3.8) is 0 Å². The minimum Gasteiger partial charge on any atom is -0.348 e. The van der Waals surface area contributed by atoms with E-state index in [2.05, 4.69) is 5.32 Å². The van der Waals surface area contributed by atoms with Gasteiger partial charge in [-0.3, -0.25) is 9.59 Å². The predicted octanol–water partition coefficient (Wildman–Crippen LogP) is 2.34. The second-order valence-corrected chi connectivity index (χ2v) is 7.89. The number of carbonyl (C=O) groups is 2. The summed E-state index contributed by atoms with van der Waals surface area (Å²) < 4.78 is 24.7. The Morgan fingerprint density at radius 1 is 1.16 bits per heavy atom. The number of benzene rings is 2. The van der Waals surface area contributed by atoms with Gasteiger partial charge in [-0.15, -0.1) is 0 Å². The highest BCUT2D eigenvalue weighted by molar-refractivity contribution is 7.94. The van der Waals surface area contributed by atoms with Crippen molar-refractivity contribution in [1.82, 2.24) is 5.32 Å². The first kappa shape index (κ1) is 17.4. The highest BCUT2D eigenvalue weighted by Crippen LogP contribution is 2.26. The quantitative estimate of drug-likeness (QED) is 0.885. The molecule has 8 heteroatoms. The molecule has 2 aromatic rings. The van der Waals surface area contributed by atoms with Crippen molar-refractivity contribution in [3.05, 3.63) is 64.7 Å². The van der Waals surface area contributed by atoms with Crippen molar-refractivity contribution < 1.29 is 18.0 Å². The summed E-state index contributed by atoms with van der Waals surface area (Å²) in [6.45, 7) is 0.240. The smallest absolute Gasteiger partial charge is 0.251 e. The number of hydrogen-bond acceptors (Lipinski definition) is 4. The molecule has 2 aromatic carbocycles. The number of nitrogens with one attached hydrogen (secondary N) is 1. The number of anilines is 1. The van der Waals surface area contributed by atoms with Gasteiger partial charge in [-0.2, -0.15) is 0 Å². The van der Waals surface area contributed by atoms with E-state index in [1.54, 1.807) is 30.3 Å². The van der Waals surface area contributed by atoms with E-state index in [1.165, 1.54) is 12.1 Å². The maximum absolute atomic E-state index is 12.3. The second-order valence-electron chi connectivity index (χ2n) is 5.55. The molecule has 0 spiro atoms. The molecule has 1 aliphatic heterocycles. The first-order chi connectivity index (χ1) is 11.9. The van der Waals surface area contributed by atoms with Crippen LogP contribution in [0, 0.1) is 0 Å². The zero-order valence-electron chi connectivity index (χ0n) is 13.1. The van der Waals surface area contributed by atoms with E-state index in [4.69, 9.17) is 11.6 Å². The molecule has 1 aliphatic rings. The molecule has 0 unspecified atom stereocenters. The largest absolute Gasteiger partial charge is 0.348 e. The monoisotopic (exact) mass is 378 g/mol. The molecule has 6 nitrogen and oxygen atoms in total. The third-order valence-electron chi connectivity index (χ3n) is 3.82. The van der Waals surface area contributed by atoms with Crippen LogP contribution < -0.4 is 9.62 Å². The Hall–Kier alpha value is -2.38. The summed E-state index contributed by atoms with van der Waals surface area (Å²) >= 11 is 6.05. The Balaban J connectivity index is 1.78. The number of hydrogen-bond donors (Lipinski definition) is 1. The van der Waals surface area contributed by atoms with Crippen LogP contribution in [0.25, 0.3) is 0 Å². The van der Waals surface area contributed by atoms with Crippen LogP contribution in [0.1, 0.15) is 22.3 Å². The Labute approximate surface area is 150 Å². The van der Waals surface area contributed by atoms with E-state index >= 15 is 0 Å². The summed E-state index contributed by atoms with van der Waals surface area (Å²) in [4.78, 5) is 24.2. The van der Waals surface area contributed by atoms with Crippen molar-refractivity contribution in [2.24, 2.45) is 0 Å². The average Bonchev–Trinajstić information content (AvgIpc) is 2.87. The molecule has 0 atom stereocenters. The van der Waals surface area contributed by atoms with Gasteiger partial charge >= 0.3 is 0 Å². The molecule has 0 aliphatic carbocycles. The van der Waals surface area contributed by atoms with E-state index < -0.39 is 15.9 Å². The summed E-state index contributed by atoms with van der Waals surface area (Å²) in [6.07, 6.45) is -0.0503. The fraction of sp³-hybridized carbons (Fsp3) is 0.176. The minimum absolute atomic E-state index is 0.0503. The van der Waals surface area contributed by atoms with Crippen LogP contribution in [-0.2, 0) is 21.4 Å². The summed E-state index contributed by atoms with van der Waals surface area (Å²) in [5.41, 5.74) is 1.21. The maximum atomic E-state index is 12.3. The van der Waals surface area contributed by atoms with Gasteiger partial charge in [0.2, 0.25) is 15.9 Å². The second kappa shape index (κ2) is 6.85. The molecule has 0 saturated carbocycles. The molecule has 2 amide bonds. The van der Waals surface area contributed by atoms with Gasteiger partial charge in [0, 0.05) is 23.6 Å². The van der Waals surface area contributed by atoms with Crippen molar-refractivity contribution in [3.8, 4) is 0 Å².